The summed E-state index contributed by atoms with van der Waals surface area (Å²) in [6.45, 7) is 7.75. The number of aromatic nitrogens is 1. The predicted octanol–water partition coefficient (Wildman–Crippen LogP) is 8.54. The van der Waals surface area contributed by atoms with Crippen LogP contribution in [0, 0.1) is 17.9 Å². The van der Waals surface area contributed by atoms with Gasteiger partial charge in [0.05, 0.1) is 29.4 Å². The zero-order valence-electron chi connectivity index (χ0n) is 18.8. The summed E-state index contributed by atoms with van der Waals surface area (Å²) in [6, 6.07) is 41.0. The maximum Gasteiger partial charge on any atom is 0.196 e. The molecule has 6 rings (SSSR count). The topological polar surface area (TPSA) is 33.1 Å². The van der Waals surface area contributed by atoms with Gasteiger partial charge in [0.25, 0.3) is 0 Å². The fourth-order valence-corrected chi connectivity index (χ4v) is 5.03. The third kappa shape index (κ3) is 3.19. The van der Waals surface area contributed by atoms with Gasteiger partial charge >= 0.3 is 0 Å². The number of rotatable bonds is 3. The fourth-order valence-electron chi connectivity index (χ4n) is 5.03. The highest BCUT2D eigenvalue weighted by molar-refractivity contribution is 6.17. The molecule has 0 bridgehead atoms. The highest BCUT2D eigenvalue weighted by Crippen LogP contribution is 2.43. The lowest BCUT2D eigenvalue weighted by Crippen LogP contribution is -1.97. The smallest absolute Gasteiger partial charge is 0.196 e. The lowest BCUT2D eigenvalue weighted by molar-refractivity contribution is 1.18. The van der Waals surface area contributed by atoms with Crippen molar-refractivity contribution in [3.8, 4) is 34.0 Å². The first-order chi connectivity index (χ1) is 17.3. The molecular weight excluding hydrogens is 426 g/mol. The normalized spacial score (nSPS) is 10.8. The van der Waals surface area contributed by atoms with Crippen LogP contribution in [-0.2, 0) is 0 Å². The number of fused-ring (bicyclic) bond motifs is 3. The summed E-state index contributed by atoms with van der Waals surface area (Å²) in [4.78, 5) is 3.75. The second kappa shape index (κ2) is 8.34. The van der Waals surface area contributed by atoms with Crippen molar-refractivity contribution in [2.45, 2.75) is 0 Å². The van der Waals surface area contributed by atoms with E-state index >= 15 is 0 Å². The fraction of sp³-hybridized carbons (Fsp3) is 0. The molecule has 0 atom stereocenters. The quantitative estimate of drug-likeness (QED) is 0.251. The first-order valence-corrected chi connectivity index (χ1v) is 11.4. The Labute approximate surface area is 203 Å². The molecule has 0 aliphatic heterocycles. The van der Waals surface area contributed by atoms with Gasteiger partial charge in [-0.1, -0.05) is 91.0 Å². The van der Waals surface area contributed by atoms with Crippen LogP contribution in [0.3, 0.4) is 0 Å². The van der Waals surface area contributed by atoms with Gasteiger partial charge < -0.3 is 4.57 Å². The zero-order valence-corrected chi connectivity index (χ0v) is 18.8. The maximum atomic E-state index is 9.87. The molecule has 0 radical (unpaired) electrons. The van der Waals surface area contributed by atoms with Crippen LogP contribution in [0.5, 0.6) is 0 Å². The van der Waals surface area contributed by atoms with Crippen LogP contribution >= 0.6 is 0 Å². The minimum atomic E-state index is 0.484. The van der Waals surface area contributed by atoms with Gasteiger partial charge in [-0.25, -0.2) is 4.85 Å². The number of nitrogens with zero attached hydrogens (tertiary/aromatic N) is 3. The van der Waals surface area contributed by atoms with Crippen LogP contribution in [0.1, 0.15) is 5.56 Å². The molecule has 0 fully saturated rings. The summed E-state index contributed by atoms with van der Waals surface area (Å²) >= 11 is 0. The molecule has 3 heteroatoms. The third-order valence-corrected chi connectivity index (χ3v) is 6.48. The molecule has 3 nitrogen and oxygen atoms in total. The van der Waals surface area contributed by atoms with Gasteiger partial charge in [0.15, 0.2) is 5.69 Å². The van der Waals surface area contributed by atoms with E-state index in [1.54, 1.807) is 18.2 Å². The van der Waals surface area contributed by atoms with E-state index in [2.05, 4.69) is 88.3 Å². The van der Waals surface area contributed by atoms with Crippen LogP contribution in [0.25, 0.3) is 54.6 Å². The van der Waals surface area contributed by atoms with Crippen molar-refractivity contribution in [1.29, 1.82) is 5.26 Å². The number of nitriles is 1. The Morgan fingerprint density at radius 2 is 1.34 bits per heavy atom. The molecule has 0 aliphatic carbocycles. The second-order valence-corrected chi connectivity index (χ2v) is 8.36. The van der Waals surface area contributed by atoms with Gasteiger partial charge in [0, 0.05) is 27.5 Å². The molecule has 162 valence electrons. The first kappa shape index (κ1) is 20.5. The third-order valence-electron chi connectivity index (χ3n) is 6.48. The van der Waals surface area contributed by atoms with Crippen LogP contribution < -0.4 is 0 Å². The number of hydrogen-bond acceptors (Lipinski definition) is 1. The van der Waals surface area contributed by atoms with E-state index in [9.17, 15) is 5.26 Å². The standard InChI is InChI=1S/C32H19N3/c1-34-27-17-9-13-23(21-33)31(27)26-16-10-20-30-32(26)25-15-6-8-19-29(25)35(30)28-18-7-5-14-24(28)22-11-3-2-4-12-22/h2-20H. The van der Waals surface area contributed by atoms with Gasteiger partial charge in [-0.3, -0.25) is 0 Å². The minimum Gasteiger partial charge on any atom is -0.309 e. The minimum absolute atomic E-state index is 0.484. The van der Waals surface area contributed by atoms with E-state index in [0.717, 1.165) is 44.2 Å². The molecule has 5 aromatic carbocycles. The van der Waals surface area contributed by atoms with Crippen LogP contribution in [-0.4, -0.2) is 4.57 Å². The Bertz CT molecular complexity index is 1780. The van der Waals surface area contributed by atoms with E-state index in [0.29, 0.717) is 16.8 Å². The van der Waals surface area contributed by atoms with E-state index in [-0.39, 0.29) is 0 Å². The Morgan fingerprint density at radius 1 is 0.657 bits per heavy atom. The predicted molar refractivity (Wildman–Crippen MR) is 143 cm³/mol. The van der Waals surface area contributed by atoms with Crippen molar-refractivity contribution >= 4 is 27.5 Å². The molecule has 0 aliphatic rings. The maximum absolute atomic E-state index is 9.87. The molecule has 0 spiro atoms. The summed E-state index contributed by atoms with van der Waals surface area (Å²) in [5.41, 5.74) is 8.07. The van der Waals surface area contributed by atoms with Gasteiger partial charge in [0.1, 0.15) is 0 Å². The van der Waals surface area contributed by atoms with E-state index in [1.165, 1.54) is 0 Å². The van der Waals surface area contributed by atoms with Crippen LogP contribution in [0.15, 0.2) is 115 Å². The average molecular weight is 446 g/mol. The molecule has 0 saturated heterocycles. The Balaban J connectivity index is 1.77. The largest absolute Gasteiger partial charge is 0.309 e. The van der Waals surface area contributed by atoms with Crippen molar-refractivity contribution in [3.05, 3.63) is 132 Å². The summed E-state index contributed by atoms with van der Waals surface area (Å²) in [7, 11) is 0. The lowest BCUT2D eigenvalue weighted by Gasteiger charge is -2.14. The molecular formula is C32H19N3. The van der Waals surface area contributed by atoms with Crippen molar-refractivity contribution in [1.82, 2.24) is 4.57 Å². The van der Waals surface area contributed by atoms with Crippen LogP contribution in [0.2, 0.25) is 0 Å². The second-order valence-electron chi connectivity index (χ2n) is 8.36. The van der Waals surface area contributed by atoms with Crippen molar-refractivity contribution < 1.29 is 0 Å². The van der Waals surface area contributed by atoms with Gasteiger partial charge in [-0.15, -0.1) is 0 Å². The van der Waals surface area contributed by atoms with Crippen molar-refractivity contribution in [2.24, 2.45) is 0 Å². The molecule has 1 aromatic heterocycles. The number of para-hydroxylation sites is 2. The van der Waals surface area contributed by atoms with Gasteiger partial charge in [-0.05, 0) is 35.4 Å². The van der Waals surface area contributed by atoms with Crippen molar-refractivity contribution in [3.63, 3.8) is 0 Å². The van der Waals surface area contributed by atoms with Gasteiger partial charge in [-0.2, -0.15) is 5.26 Å². The summed E-state index contributed by atoms with van der Waals surface area (Å²) in [5.74, 6) is 0. The molecule has 0 N–H and O–H groups in total. The summed E-state index contributed by atoms with van der Waals surface area (Å²) in [6.07, 6.45) is 0. The summed E-state index contributed by atoms with van der Waals surface area (Å²) < 4.78 is 2.29. The monoisotopic (exact) mass is 445 g/mol. The van der Waals surface area contributed by atoms with E-state index < -0.39 is 0 Å². The first-order valence-electron chi connectivity index (χ1n) is 11.4. The van der Waals surface area contributed by atoms with E-state index in [4.69, 9.17) is 6.57 Å². The number of hydrogen-bond donors (Lipinski definition) is 0. The van der Waals surface area contributed by atoms with E-state index in [1.807, 2.05) is 24.3 Å². The van der Waals surface area contributed by atoms with Gasteiger partial charge in [0.2, 0.25) is 0 Å². The Morgan fingerprint density at radius 3 is 2.17 bits per heavy atom. The molecule has 1 heterocycles. The zero-order chi connectivity index (χ0) is 23.8. The molecule has 6 aromatic rings. The molecule has 35 heavy (non-hydrogen) atoms. The highest BCUT2D eigenvalue weighted by atomic mass is 15.0. The molecule has 0 unspecified atom stereocenters. The molecule has 0 amide bonds. The van der Waals surface area contributed by atoms with Crippen molar-refractivity contribution in [2.75, 3.05) is 0 Å². The van der Waals surface area contributed by atoms with Crippen LogP contribution in [0.4, 0.5) is 5.69 Å². The summed E-state index contributed by atoms with van der Waals surface area (Å²) in [5, 5.41) is 12.0. The number of benzene rings is 5. The Kier molecular flexibility index (Phi) is 4.88. The Hall–Kier alpha value is -5.12. The molecule has 0 saturated carbocycles. The average Bonchev–Trinajstić information content (AvgIpc) is 3.27. The SMILES string of the molecule is [C-]#[N+]c1cccc(C#N)c1-c1cccc2c1c1ccccc1n2-c1ccccc1-c1ccccc1. The lowest BCUT2D eigenvalue weighted by atomic mass is 9.94. The highest BCUT2D eigenvalue weighted by Gasteiger charge is 2.20.